The van der Waals surface area contributed by atoms with Gasteiger partial charge in [-0.3, -0.25) is 4.79 Å². The number of fused-ring (bicyclic) bond motifs is 1. The zero-order valence-corrected chi connectivity index (χ0v) is 15.4. The average molecular weight is 352 g/mol. The van der Waals surface area contributed by atoms with Crippen LogP contribution in [0.15, 0.2) is 48.5 Å². The molecular formula is C21H24N2O3. The van der Waals surface area contributed by atoms with Crippen molar-refractivity contribution >= 4 is 17.6 Å². The molecule has 136 valence electrons. The molecule has 0 unspecified atom stereocenters. The lowest BCUT2D eigenvalue weighted by Gasteiger charge is -2.33. The number of amides is 1. The van der Waals surface area contributed by atoms with Gasteiger partial charge in [-0.15, -0.1) is 0 Å². The Morgan fingerprint density at radius 1 is 1.19 bits per heavy atom. The van der Waals surface area contributed by atoms with E-state index >= 15 is 0 Å². The molecule has 0 fully saturated rings. The predicted molar refractivity (Wildman–Crippen MR) is 101 cm³/mol. The maximum absolute atomic E-state index is 13.0. The SMILES string of the molecule is Cc1ccc2c(c1)N(CC(=O)N(Cc1ccccc1)C(C)C)CC(=O)O2. The second-order valence-electron chi connectivity index (χ2n) is 6.90. The van der Waals surface area contributed by atoms with Gasteiger partial charge in [-0.1, -0.05) is 36.4 Å². The van der Waals surface area contributed by atoms with Crippen molar-refractivity contribution in [2.45, 2.75) is 33.4 Å². The van der Waals surface area contributed by atoms with E-state index in [0.29, 0.717) is 12.3 Å². The summed E-state index contributed by atoms with van der Waals surface area (Å²) in [6, 6.07) is 15.6. The van der Waals surface area contributed by atoms with E-state index in [-0.39, 0.29) is 31.0 Å². The molecule has 0 aliphatic carbocycles. The Hall–Kier alpha value is -2.82. The van der Waals surface area contributed by atoms with E-state index in [0.717, 1.165) is 16.8 Å². The van der Waals surface area contributed by atoms with Crippen LogP contribution in [0, 0.1) is 6.92 Å². The third-order valence-corrected chi connectivity index (χ3v) is 4.46. The summed E-state index contributed by atoms with van der Waals surface area (Å²) in [5.41, 5.74) is 2.94. The monoisotopic (exact) mass is 352 g/mol. The Morgan fingerprint density at radius 2 is 1.92 bits per heavy atom. The van der Waals surface area contributed by atoms with Gasteiger partial charge in [0.1, 0.15) is 6.54 Å². The highest BCUT2D eigenvalue weighted by Gasteiger charge is 2.28. The molecule has 5 heteroatoms. The summed E-state index contributed by atoms with van der Waals surface area (Å²) in [4.78, 5) is 28.5. The third kappa shape index (κ3) is 4.04. The minimum Gasteiger partial charge on any atom is -0.423 e. The van der Waals surface area contributed by atoms with Gasteiger partial charge in [-0.05, 0) is 44.0 Å². The fraction of sp³-hybridized carbons (Fsp3) is 0.333. The van der Waals surface area contributed by atoms with Crippen LogP contribution in [-0.4, -0.2) is 35.9 Å². The van der Waals surface area contributed by atoms with Gasteiger partial charge in [-0.25, -0.2) is 4.79 Å². The van der Waals surface area contributed by atoms with Crippen LogP contribution in [0.1, 0.15) is 25.0 Å². The second-order valence-corrected chi connectivity index (χ2v) is 6.90. The molecule has 2 aromatic rings. The van der Waals surface area contributed by atoms with Gasteiger partial charge in [0.2, 0.25) is 5.91 Å². The highest BCUT2D eigenvalue weighted by atomic mass is 16.5. The smallest absolute Gasteiger partial charge is 0.331 e. The van der Waals surface area contributed by atoms with Crippen LogP contribution in [0.4, 0.5) is 5.69 Å². The molecular weight excluding hydrogens is 328 g/mol. The third-order valence-electron chi connectivity index (χ3n) is 4.46. The molecule has 0 atom stereocenters. The van der Waals surface area contributed by atoms with Gasteiger partial charge in [-0.2, -0.15) is 0 Å². The lowest BCUT2D eigenvalue weighted by atomic mass is 10.1. The van der Waals surface area contributed by atoms with Crippen LogP contribution in [0.25, 0.3) is 0 Å². The van der Waals surface area contributed by atoms with E-state index in [2.05, 4.69) is 0 Å². The number of anilines is 1. The maximum Gasteiger partial charge on any atom is 0.331 e. The zero-order valence-electron chi connectivity index (χ0n) is 15.4. The van der Waals surface area contributed by atoms with Gasteiger partial charge in [0, 0.05) is 12.6 Å². The molecule has 0 aromatic heterocycles. The zero-order chi connectivity index (χ0) is 18.7. The van der Waals surface area contributed by atoms with E-state index in [4.69, 9.17) is 4.74 Å². The summed E-state index contributed by atoms with van der Waals surface area (Å²) in [5.74, 6) is 0.165. The summed E-state index contributed by atoms with van der Waals surface area (Å²) >= 11 is 0. The highest BCUT2D eigenvalue weighted by molar-refractivity contribution is 5.89. The molecule has 0 spiro atoms. The number of aryl methyl sites for hydroxylation is 1. The van der Waals surface area contributed by atoms with Crippen LogP contribution in [0.3, 0.4) is 0 Å². The van der Waals surface area contributed by atoms with Crippen molar-refractivity contribution in [2.24, 2.45) is 0 Å². The minimum absolute atomic E-state index is 0.00832. The van der Waals surface area contributed by atoms with Crippen molar-refractivity contribution in [1.82, 2.24) is 4.90 Å². The van der Waals surface area contributed by atoms with E-state index in [9.17, 15) is 9.59 Å². The van der Waals surface area contributed by atoms with E-state index in [1.807, 2.05) is 68.1 Å². The molecule has 26 heavy (non-hydrogen) atoms. The van der Waals surface area contributed by atoms with Gasteiger partial charge in [0.15, 0.2) is 5.75 Å². The number of ether oxygens (including phenoxy) is 1. The van der Waals surface area contributed by atoms with E-state index in [1.54, 1.807) is 11.0 Å². The van der Waals surface area contributed by atoms with Crippen molar-refractivity contribution in [1.29, 1.82) is 0 Å². The molecule has 1 aliphatic heterocycles. The van der Waals surface area contributed by atoms with E-state index in [1.165, 1.54) is 0 Å². The quantitative estimate of drug-likeness (QED) is 0.613. The molecule has 0 radical (unpaired) electrons. The molecule has 5 nitrogen and oxygen atoms in total. The predicted octanol–water partition coefficient (Wildman–Crippen LogP) is 3.16. The Morgan fingerprint density at radius 3 is 2.62 bits per heavy atom. The van der Waals surface area contributed by atoms with Gasteiger partial charge >= 0.3 is 5.97 Å². The van der Waals surface area contributed by atoms with Crippen molar-refractivity contribution in [3.8, 4) is 5.75 Å². The number of rotatable bonds is 5. The average Bonchev–Trinajstić information content (AvgIpc) is 2.60. The van der Waals surface area contributed by atoms with Crippen LogP contribution < -0.4 is 9.64 Å². The topological polar surface area (TPSA) is 49.9 Å². The Labute approximate surface area is 154 Å². The summed E-state index contributed by atoms with van der Waals surface area (Å²) in [6.07, 6.45) is 0. The number of hydrogen-bond acceptors (Lipinski definition) is 4. The van der Waals surface area contributed by atoms with E-state index < -0.39 is 0 Å². The number of nitrogens with zero attached hydrogens (tertiary/aromatic N) is 2. The molecule has 0 saturated carbocycles. The standard InChI is InChI=1S/C21H24N2O3/c1-15(2)23(12-17-7-5-4-6-8-17)20(24)13-22-14-21(25)26-19-10-9-16(3)11-18(19)22/h4-11,15H,12-14H2,1-3H3. The first-order valence-corrected chi connectivity index (χ1v) is 8.83. The van der Waals surface area contributed by atoms with Crippen molar-refractivity contribution in [3.63, 3.8) is 0 Å². The summed E-state index contributed by atoms with van der Waals surface area (Å²) in [7, 11) is 0. The van der Waals surface area contributed by atoms with Crippen molar-refractivity contribution < 1.29 is 14.3 Å². The fourth-order valence-electron chi connectivity index (χ4n) is 3.09. The summed E-state index contributed by atoms with van der Waals surface area (Å²) in [5, 5.41) is 0. The largest absolute Gasteiger partial charge is 0.423 e. The van der Waals surface area contributed by atoms with Crippen molar-refractivity contribution in [3.05, 3.63) is 59.7 Å². The summed E-state index contributed by atoms with van der Waals surface area (Å²) < 4.78 is 5.30. The van der Waals surface area contributed by atoms with Crippen molar-refractivity contribution in [2.75, 3.05) is 18.0 Å². The lowest BCUT2D eigenvalue weighted by Crippen LogP contribution is -2.46. The number of carbonyl (C=O) groups is 2. The molecule has 0 bridgehead atoms. The first-order valence-electron chi connectivity index (χ1n) is 8.83. The number of carbonyl (C=O) groups excluding carboxylic acids is 2. The van der Waals surface area contributed by atoms with Crippen LogP contribution >= 0.6 is 0 Å². The Kier molecular flexibility index (Phi) is 5.26. The number of esters is 1. The summed E-state index contributed by atoms with van der Waals surface area (Å²) in [6.45, 7) is 6.77. The highest BCUT2D eigenvalue weighted by Crippen LogP contribution is 2.32. The minimum atomic E-state index is -0.340. The van der Waals surface area contributed by atoms with Gasteiger partial charge in [0.25, 0.3) is 0 Å². The van der Waals surface area contributed by atoms with Gasteiger partial charge in [0.05, 0.1) is 12.2 Å². The Bertz CT molecular complexity index is 802. The normalized spacial score (nSPS) is 13.4. The molecule has 0 saturated heterocycles. The number of benzene rings is 2. The van der Waals surface area contributed by atoms with Gasteiger partial charge < -0.3 is 14.5 Å². The second kappa shape index (κ2) is 7.60. The first kappa shape index (κ1) is 18.0. The molecule has 2 aromatic carbocycles. The molecule has 3 rings (SSSR count). The molecule has 1 amide bonds. The lowest BCUT2D eigenvalue weighted by molar-refractivity contribution is -0.134. The first-order chi connectivity index (χ1) is 12.4. The fourth-order valence-corrected chi connectivity index (χ4v) is 3.09. The maximum atomic E-state index is 13.0. The Balaban J connectivity index is 1.79. The van der Waals surface area contributed by atoms with Crippen LogP contribution in [-0.2, 0) is 16.1 Å². The molecule has 1 aliphatic rings. The molecule has 0 N–H and O–H groups in total. The number of hydrogen-bond donors (Lipinski definition) is 0. The molecule has 1 heterocycles. The van der Waals surface area contributed by atoms with Crippen LogP contribution in [0.2, 0.25) is 0 Å². The van der Waals surface area contributed by atoms with Crippen LogP contribution in [0.5, 0.6) is 5.75 Å².